The van der Waals surface area contributed by atoms with Crippen LogP contribution >= 0.6 is 0 Å². The van der Waals surface area contributed by atoms with E-state index in [2.05, 4.69) is 0 Å². The molecule has 1 aromatic heterocycles. The fourth-order valence-corrected chi connectivity index (χ4v) is 6.77. The number of amides is 1. The zero-order valence-corrected chi connectivity index (χ0v) is 20.2. The molecule has 4 rings (SSSR count). The van der Waals surface area contributed by atoms with Crippen molar-refractivity contribution in [1.29, 1.82) is 0 Å². The summed E-state index contributed by atoms with van der Waals surface area (Å²) in [7, 11) is -3.14. The number of rotatable bonds is 6. The molecular formula is C25H32N2O5S. The molecule has 2 atom stereocenters. The minimum Gasteiger partial charge on any atom is -0.452 e. The molecule has 8 heteroatoms. The van der Waals surface area contributed by atoms with Crippen molar-refractivity contribution in [1.82, 2.24) is 9.88 Å². The lowest BCUT2D eigenvalue weighted by molar-refractivity contribution is -0.138. The van der Waals surface area contributed by atoms with Gasteiger partial charge in [-0.3, -0.25) is 9.78 Å². The van der Waals surface area contributed by atoms with Crippen molar-refractivity contribution in [2.45, 2.75) is 70.9 Å². The van der Waals surface area contributed by atoms with Gasteiger partial charge in [-0.05, 0) is 57.1 Å². The molecule has 2 aliphatic rings. The molecule has 1 saturated heterocycles. The SMILES string of the molecule is CC[C@@H](C)N(C(=O)COC(=O)c1c2c(nc3ccccc13)CCCCC2)[C@H]1CCS(=O)(=O)C1. The highest BCUT2D eigenvalue weighted by Crippen LogP contribution is 2.29. The first-order valence-corrected chi connectivity index (χ1v) is 13.7. The number of hydrogen-bond donors (Lipinski definition) is 0. The predicted molar refractivity (Wildman–Crippen MR) is 127 cm³/mol. The molecule has 0 saturated carbocycles. The Morgan fingerprint density at radius 3 is 2.67 bits per heavy atom. The first kappa shape index (κ1) is 23.7. The highest BCUT2D eigenvalue weighted by Gasteiger charge is 2.37. The fourth-order valence-electron chi connectivity index (χ4n) is 5.06. The van der Waals surface area contributed by atoms with E-state index in [-0.39, 0.29) is 29.5 Å². The van der Waals surface area contributed by atoms with Gasteiger partial charge in [0, 0.05) is 23.2 Å². The third-order valence-corrected chi connectivity index (χ3v) is 8.66. The topological polar surface area (TPSA) is 93.6 Å². The maximum Gasteiger partial charge on any atom is 0.339 e. The van der Waals surface area contributed by atoms with Gasteiger partial charge in [0.1, 0.15) is 0 Å². The smallest absolute Gasteiger partial charge is 0.339 e. The number of carbonyl (C=O) groups is 2. The Balaban J connectivity index is 1.58. The molecule has 1 aromatic carbocycles. The monoisotopic (exact) mass is 472 g/mol. The zero-order chi connectivity index (χ0) is 23.6. The molecule has 33 heavy (non-hydrogen) atoms. The second-order valence-corrected chi connectivity index (χ2v) is 11.4. The molecule has 1 fully saturated rings. The van der Waals surface area contributed by atoms with Crippen LogP contribution in [0, 0.1) is 0 Å². The molecule has 1 aliphatic carbocycles. The molecule has 2 heterocycles. The number of carbonyl (C=O) groups excluding carboxylic acids is 2. The van der Waals surface area contributed by atoms with Gasteiger partial charge in [-0.25, -0.2) is 13.2 Å². The highest BCUT2D eigenvalue weighted by atomic mass is 32.2. The van der Waals surface area contributed by atoms with Crippen LogP contribution in [0.2, 0.25) is 0 Å². The molecule has 0 bridgehead atoms. The van der Waals surface area contributed by atoms with Crippen LogP contribution in [-0.2, 0) is 32.2 Å². The van der Waals surface area contributed by atoms with Crippen LogP contribution in [0.5, 0.6) is 0 Å². The van der Waals surface area contributed by atoms with Crippen molar-refractivity contribution >= 4 is 32.6 Å². The number of sulfone groups is 1. The van der Waals surface area contributed by atoms with Crippen molar-refractivity contribution in [3.63, 3.8) is 0 Å². The van der Waals surface area contributed by atoms with Gasteiger partial charge in [-0.2, -0.15) is 0 Å². The average Bonchev–Trinajstić information content (AvgIpc) is 2.99. The normalized spacial score (nSPS) is 20.6. The van der Waals surface area contributed by atoms with Gasteiger partial charge in [-0.15, -0.1) is 0 Å². The summed E-state index contributed by atoms with van der Waals surface area (Å²) in [5, 5.41) is 0.747. The van der Waals surface area contributed by atoms with E-state index in [4.69, 9.17) is 9.72 Å². The summed E-state index contributed by atoms with van der Waals surface area (Å²) >= 11 is 0. The van der Waals surface area contributed by atoms with E-state index in [1.807, 2.05) is 38.1 Å². The maximum atomic E-state index is 13.3. The zero-order valence-electron chi connectivity index (χ0n) is 19.4. The Bertz CT molecular complexity index is 1160. The lowest BCUT2D eigenvalue weighted by Crippen LogP contribution is -2.48. The van der Waals surface area contributed by atoms with Crippen molar-refractivity contribution < 1.29 is 22.7 Å². The second kappa shape index (κ2) is 9.79. The summed E-state index contributed by atoms with van der Waals surface area (Å²) in [5.41, 5.74) is 3.16. The molecule has 1 amide bonds. The van der Waals surface area contributed by atoms with Crippen LogP contribution in [0.1, 0.15) is 67.6 Å². The number of esters is 1. The first-order chi connectivity index (χ1) is 15.8. The maximum absolute atomic E-state index is 13.3. The van der Waals surface area contributed by atoms with Crippen molar-refractivity contribution in [2.75, 3.05) is 18.1 Å². The number of benzene rings is 1. The highest BCUT2D eigenvalue weighted by molar-refractivity contribution is 7.91. The van der Waals surface area contributed by atoms with Gasteiger partial charge in [-0.1, -0.05) is 31.5 Å². The van der Waals surface area contributed by atoms with Gasteiger partial charge < -0.3 is 9.64 Å². The largest absolute Gasteiger partial charge is 0.452 e. The van der Waals surface area contributed by atoms with Gasteiger partial charge in [0.15, 0.2) is 16.4 Å². The molecule has 2 aromatic rings. The number of pyridine rings is 1. The Kier molecular flexibility index (Phi) is 7.02. The summed E-state index contributed by atoms with van der Waals surface area (Å²) in [4.78, 5) is 32.9. The number of aryl methyl sites for hydroxylation is 1. The molecule has 1 aliphatic heterocycles. The first-order valence-electron chi connectivity index (χ1n) is 11.9. The van der Waals surface area contributed by atoms with E-state index in [1.54, 1.807) is 4.90 Å². The van der Waals surface area contributed by atoms with E-state index >= 15 is 0 Å². The fraction of sp³-hybridized carbons (Fsp3) is 0.560. The van der Waals surface area contributed by atoms with Gasteiger partial charge in [0.25, 0.3) is 5.91 Å². The minimum absolute atomic E-state index is 0.0282. The Morgan fingerprint density at radius 2 is 1.94 bits per heavy atom. The van der Waals surface area contributed by atoms with E-state index in [0.717, 1.165) is 54.3 Å². The summed E-state index contributed by atoms with van der Waals surface area (Å²) < 4.78 is 29.6. The lowest BCUT2D eigenvalue weighted by Gasteiger charge is -2.33. The van der Waals surface area contributed by atoms with Crippen LogP contribution in [0.4, 0.5) is 0 Å². The molecule has 178 valence electrons. The van der Waals surface area contributed by atoms with Crippen molar-refractivity contribution in [3.8, 4) is 0 Å². The average molecular weight is 473 g/mol. The summed E-state index contributed by atoms with van der Waals surface area (Å²) in [6, 6.07) is 7.05. The molecule has 0 N–H and O–H groups in total. The molecular weight excluding hydrogens is 440 g/mol. The van der Waals surface area contributed by atoms with Crippen LogP contribution in [0.25, 0.3) is 10.9 Å². The Hall–Kier alpha value is -2.48. The van der Waals surface area contributed by atoms with Gasteiger partial charge in [0.05, 0.1) is 22.6 Å². The minimum atomic E-state index is -3.14. The quantitative estimate of drug-likeness (QED) is 0.472. The predicted octanol–water partition coefficient (Wildman–Crippen LogP) is 3.47. The van der Waals surface area contributed by atoms with E-state index < -0.39 is 22.4 Å². The van der Waals surface area contributed by atoms with Crippen molar-refractivity contribution in [2.24, 2.45) is 0 Å². The lowest BCUT2D eigenvalue weighted by atomic mass is 9.97. The molecule has 0 spiro atoms. The molecule has 7 nitrogen and oxygen atoms in total. The van der Waals surface area contributed by atoms with Crippen molar-refractivity contribution in [3.05, 3.63) is 41.1 Å². The van der Waals surface area contributed by atoms with E-state index in [1.165, 1.54) is 0 Å². The van der Waals surface area contributed by atoms with Crippen LogP contribution in [-0.4, -0.2) is 60.4 Å². The van der Waals surface area contributed by atoms with Crippen LogP contribution in [0.3, 0.4) is 0 Å². The Labute approximate surface area is 195 Å². The number of nitrogens with zero attached hydrogens (tertiary/aromatic N) is 2. The number of para-hydroxylation sites is 1. The summed E-state index contributed by atoms with van der Waals surface area (Å²) in [6.45, 7) is 3.46. The summed E-state index contributed by atoms with van der Waals surface area (Å²) in [5.74, 6) is -0.792. The second-order valence-electron chi connectivity index (χ2n) is 9.18. The molecule has 0 unspecified atom stereocenters. The number of ether oxygens (including phenoxy) is 1. The van der Waals surface area contributed by atoms with Gasteiger partial charge in [0.2, 0.25) is 0 Å². The molecule has 0 radical (unpaired) electrons. The van der Waals surface area contributed by atoms with Gasteiger partial charge >= 0.3 is 5.97 Å². The summed E-state index contributed by atoms with van der Waals surface area (Å²) in [6.07, 6.45) is 5.84. The third-order valence-electron chi connectivity index (χ3n) is 6.91. The van der Waals surface area contributed by atoms with E-state index in [0.29, 0.717) is 18.4 Å². The van der Waals surface area contributed by atoms with E-state index in [9.17, 15) is 18.0 Å². The standard InChI is InChI=1S/C25H32N2O5S/c1-3-17(2)27(18-13-14-33(30,31)16-18)23(28)15-32-25(29)24-19-9-5-4-6-11-21(19)26-22-12-8-7-10-20(22)24/h7-8,10,12,17-18H,3-6,9,11,13-16H2,1-2H3/t17-,18+/m1/s1. The van der Waals surface area contributed by atoms with Crippen LogP contribution < -0.4 is 0 Å². The number of aromatic nitrogens is 1. The van der Waals surface area contributed by atoms with Crippen LogP contribution in [0.15, 0.2) is 24.3 Å². The number of hydrogen-bond acceptors (Lipinski definition) is 6. The Morgan fingerprint density at radius 1 is 1.18 bits per heavy atom. The third kappa shape index (κ3) is 5.05. The number of fused-ring (bicyclic) bond motifs is 2.